The molecule has 158 valence electrons. The molecule has 4 rings (SSSR count). The van der Waals surface area contributed by atoms with E-state index < -0.39 is 11.8 Å². The number of hydrogen-bond donors (Lipinski definition) is 3. The van der Waals surface area contributed by atoms with Gasteiger partial charge in [0.05, 0.1) is 17.1 Å². The summed E-state index contributed by atoms with van der Waals surface area (Å²) >= 11 is 6.35. The minimum atomic E-state index is -0.555. The fraction of sp³-hybridized carbons (Fsp3) is 0.0870. The number of esters is 1. The normalized spacial score (nSPS) is 10.8. The van der Waals surface area contributed by atoms with Gasteiger partial charge in [-0.05, 0) is 55.5 Å². The van der Waals surface area contributed by atoms with E-state index in [0.717, 1.165) is 0 Å². The molecule has 0 aliphatic rings. The van der Waals surface area contributed by atoms with Crippen molar-refractivity contribution < 1.29 is 23.8 Å². The second-order valence-electron chi connectivity index (χ2n) is 6.66. The van der Waals surface area contributed by atoms with Crippen LogP contribution in [0.1, 0.15) is 17.4 Å². The summed E-state index contributed by atoms with van der Waals surface area (Å²) in [6, 6.07) is 15.9. The van der Waals surface area contributed by atoms with Crippen LogP contribution in [0.5, 0.6) is 17.2 Å². The Morgan fingerprint density at radius 1 is 1.16 bits per heavy atom. The molecule has 3 N–H and O–H groups in total. The van der Waals surface area contributed by atoms with Crippen molar-refractivity contribution in [2.45, 2.75) is 6.92 Å². The lowest BCUT2D eigenvalue weighted by molar-refractivity contribution is 0.0520. The molecule has 0 spiro atoms. The Labute approximate surface area is 182 Å². The molecule has 3 aromatic carbocycles. The Morgan fingerprint density at radius 2 is 2.00 bits per heavy atom. The molecule has 8 heteroatoms. The van der Waals surface area contributed by atoms with E-state index in [1.165, 1.54) is 12.1 Å². The first-order valence-electron chi connectivity index (χ1n) is 9.46. The predicted octanol–water partition coefficient (Wildman–Crippen LogP) is 6.38. The van der Waals surface area contributed by atoms with Gasteiger partial charge in [-0.3, -0.25) is 0 Å². The quantitative estimate of drug-likeness (QED) is 0.303. The molecule has 0 saturated heterocycles. The van der Waals surface area contributed by atoms with Crippen LogP contribution < -0.4 is 10.1 Å². The van der Waals surface area contributed by atoms with Crippen LogP contribution in [-0.4, -0.2) is 22.7 Å². The zero-order chi connectivity index (χ0) is 22.0. The Hall–Kier alpha value is -3.71. The number of phenolic OH excluding ortho intramolecular Hbond substituents is 1. The van der Waals surface area contributed by atoms with Crippen molar-refractivity contribution in [2.24, 2.45) is 0 Å². The molecule has 0 unspecified atom stereocenters. The third-order valence-electron chi connectivity index (χ3n) is 4.49. The van der Waals surface area contributed by atoms with Gasteiger partial charge in [-0.2, -0.15) is 0 Å². The van der Waals surface area contributed by atoms with E-state index >= 15 is 0 Å². The van der Waals surface area contributed by atoms with Gasteiger partial charge < -0.3 is 24.9 Å². The van der Waals surface area contributed by atoms with Crippen LogP contribution in [0.4, 0.5) is 15.8 Å². The molecule has 0 atom stereocenters. The average molecular weight is 441 g/mol. The fourth-order valence-electron chi connectivity index (χ4n) is 3.10. The summed E-state index contributed by atoms with van der Waals surface area (Å²) < 4.78 is 24.9. The van der Waals surface area contributed by atoms with Crippen molar-refractivity contribution in [3.8, 4) is 17.2 Å². The lowest BCUT2D eigenvalue weighted by Gasteiger charge is -2.12. The highest BCUT2D eigenvalue weighted by molar-refractivity contribution is 6.32. The minimum absolute atomic E-state index is 0.0842. The number of anilines is 2. The van der Waals surface area contributed by atoms with Gasteiger partial charge in [0.2, 0.25) is 0 Å². The van der Waals surface area contributed by atoms with Crippen LogP contribution in [0.15, 0.2) is 60.7 Å². The third-order valence-corrected chi connectivity index (χ3v) is 4.79. The zero-order valence-electron chi connectivity index (χ0n) is 16.4. The number of rotatable bonds is 6. The summed E-state index contributed by atoms with van der Waals surface area (Å²) in [5.74, 6) is -0.0968. The van der Waals surface area contributed by atoms with Crippen LogP contribution in [0.3, 0.4) is 0 Å². The molecule has 1 aromatic heterocycles. The highest BCUT2D eigenvalue weighted by atomic mass is 35.5. The Bertz CT molecular complexity index is 1270. The van der Waals surface area contributed by atoms with Crippen LogP contribution >= 0.6 is 11.6 Å². The number of carbonyl (C=O) groups is 1. The number of ether oxygens (including phenoxy) is 2. The van der Waals surface area contributed by atoms with Gasteiger partial charge >= 0.3 is 5.97 Å². The molecule has 0 bridgehead atoms. The Kier molecular flexibility index (Phi) is 5.68. The van der Waals surface area contributed by atoms with Gasteiger partial charge in [0, 0.05) is 22.8 Å². The third kappa shape index (κ3) is 4.41. The fourth-order valence-corrected chi connectivity index (χ4v) is 3.32. The van der Waals surface area contributed by atoms with Gasteiger partial charge in [-0.1, -0.05) is 17.7 Å². The number of aromatic amines is 1. The maximum atomic E-state index is 14.3. The standard InChI is InChI=1S/C23H18ClFN2O4/c1-2-30-23(29)20-12-16-19(8-7-18(25)22(16)27-20)26-13-6-9-21(17(24)10-13)31-15-5-3-4-14(28)11-15/h3-12,26-28H,2H2,1H3. The van der Waals surface area contributed by atoms with Crippen molar-refractivity contribution in [1.82, 2.24) is 4.98 Å². The van der Waals surface area contributed by atoms with Crippen molar-refractivity contribution in [1.29, 1.82) is 0 Å². The number of phenols is 1. The summed E-state index contributed by atoms with van der Waals surface area (Å²) in [6.07, 6.45) is 0. The van der Waals surface area contributed by atoms with E-state index in [0.29, 0.717) is 33.3 Å². The Morgan fingerprint density at radius 3 is 2.74 bits per heavy atom. The largest absolute Gasteiger partial charge is 0.508 e. The summed E-state index contributed by atoms with van der Waals surface area (Å²) in [5, 5.41) is 13.6. The molecule has 0 amide bonds. The van der Waals surface area contributed by atoms with E-state index in [9.17, 15) is 14.3 Å². The number of aromatic hydroxyl groups is 1. The highest BCUT2D eigenvalue weighted by Gasteiger charge is 2.16. The maximum Gasteiger partial charge on any atom is 0.354 e. The second-order valence-corrected chi connectivity index (χ2v) is 7.06. The molecule has 0 radical (unpaired) electrons. The van der Waals surface area contributed by atoms with E-state index in [2.05, 4.69) is 10.3 Å². The smallest absolute Gasteiger partial charge is 0.354 e. The molecule has 0 fully saturated rings. The molecular weight excluding hydrogens is 423 g/mol. The summed E-state index contributed by atoms with van der Waals surface area (Å²) in [6.45, 7) is 1.92. The SMILES string of the molecule is CCOC(=O)c1cc2c(Nc3ccc(Oc4cccc(O)c4)c(Cl)c3)ccc(F)c2[nH]1. The summed E-state index contributed by atoms with van der Waals surface area (Å²) in [4.78, 5) is 14.8. The number of H-pyrrole nitrogens is 1. The molecule has 31 heavy (non-hydrogen) atoms. The average Bonchev–Trinajstić information content (AvgIpc) is 3.19. The number of nitrogens with one attached hydrogen (secondary N) is 2. The van der Waals surface area contributed by atoms with Crippen molar-refractivity contribution in [3.05, 3.63) is 77.2 Å². The first-order chi connectivity index (χ1) is 14.9. The molecular formula is C23H18ClFN2O4. The zero-order valence-corrected chi connectivity index (χ0v) is 17.2. The topological polar surface area (TPSA) is 83.6 Å². The van der Waals surface area contributed by atoms with E-state index in [4.69, 9.17) is 21.1 Å². The molecule has 0 aliphatic heterocycles. The number of carbonyl (C=O) groups excluding carboxylic acids is 1. The molecule has 6 nitrogen and oxygen atoms in total. The minimum Gasteiger partial charge on any atom is -0.508 e. The maximum absolute atomic E-state index is 14.3. The van der Waals surface area contributed by atoms with Gasteiger partial charge in [0.25, 0.3) is 0 Å². The number of halogens is 2. The van der Waals surface area contributed by atoms with Crippen LogP contribution in [0.2, 0.25) is 5.02 Å². The summed E-state index contributed by atoms with van der Waals surface area (Å²) in [5.41, 5.74) is 1.59. The molecule has 1 heterocycles. The van der Waals surface area contributed by atoms with E-state index in [-0.39, 0.29) is 23.6 Å². The number of hydrogen-bond acceptors (Lipinski definition) is 5. The number of benzene rings is 3. The van der Waals surface area contributed by atoms with Gasteiger partial charge in [-0.25, -0.2) is 9.18 Å². The number of fused-ring (bicyclic) bond motifs is 1. The summed E-state index contributed by atoms with van der Waals surface area (Å²) in [7, 11) is 0. The van der Waals surface area contributed by atoms with Crippen molar-refractivity contribution >= 4 is 39.8 Å². The lowest BCUT2D eigenvalue weighted by Crippen LogP contribution is -2.04. The number of aromatic nitrogens is 1. The van der Waals surface area contributed by atoms with Crippen LogP contribution in [0.25, 0.3) is 10.9 Å². The second kappa shape index (κ2) is 8.57. The van der Waals surface area contributed by atoms with Crippen LogP contribution in [0, 0.1) is 5.82 Å². The molecule has 0 aliphatic carbocycles. The van der Waals surface area contributed by atoms with Gasteiger partial charge in [-0.15, -0.1) is 0 Å². The van der Waals surface area contributed by atoms with Crippen molar-refractivity contribution in [2.75, 3.05) is 11.9 Å². The Balaban J connectivity index is 1.61. The lowest BCUT2D eigenvalue weighted by atomic mass is 10.2. The van der Waals surface area contributed by atoms with Crippen LogP contribution in [-0.2, 0) is 4.74 Å². The van der Waals surface area contributed by atoms with Gasteiger partial charge in [0.1, 0.15) is 28.8 Å². The molecule has 4 aromatic rings. The van der Waals surface area contributed by atoms with Crippen molar-refractivity contribution in [3.63, 3.8) is 0 Å². The molecule has 0 saturated carbocycles. The highest BCUT2D eigenvalue weighted by Crippen LogP contribution is 2.35. The van der Waals surface area contributed by atoms with E-state index in [1.54, 1.807) is 55.5 Å². The predicted molar refractivity (Wildman–Crippen MR) is 117 cm³/mol. The van der Waals surface area contributed by atoms with E-state index in [1.807, 2.05) is 0 Å². The first kappa shape index (κ1) is 20.6. The first-order valence-corrected chi connectivity index (χ1v) is 9.84. The van der Waals surface area contributed by atoms with Gasteiger partial charge in [0.15, 0.2) is 0 Å². The monoisotopic (exact) mass is 440 g/mol.